The Labute approximate surface area is 127 Å². The summed E-state index contributed by atoms with van der Waals surface area (Å²) < 4.78 is 0. The molecular weight excluding hydrogens is 260 g/mol. The van der Waals surface area contributed by atoms with Crippen LogP contribution in [0.3, 0.4) is 0 Å². The first-order valence-corrected chi connectivity index (χ1v) is 8.30. The number of amides is 1. The summed E-state index contributed by atoms with van der Waals surface area (Å²) in [6.07, 6.45) is 7.52. The number of carbonyl (C=O) groups excluding carboxylic acids is 1. The Hall–Kier alpha value is -1.35. The van der Waals surface area contributed by atoms with Gasteiger partial charge >= 0.3 is 0 Å². The van der Waals surface area contributed by atoms with E-state index in [-0.39, 0.29) is 11.8 Å². The Morgan fingerprint density at radius 1 is 1.00 bits per heavy atom. The summed E-state index contributed by atoms with van der Waals surface area (Å²) >= 11 is 0. The number of fused-ring (bicyclic) bond motifs is 1. The molecule has 0 radical (unpaired) electrons. The zero-order chi connectivity index (χ0) is 14.7. The van der Waals surface area contributed by atoms with Crippen molar-refractivity contribution in [1.82, 2.24) is 10.6 Å². The van der Waals surface area contributed by atoms with Crippen LogP contribution in [0, 0.1) is 5.92 Å². The van der Waals surface area contributed by atoms with Gasteiger partial charge in [-0.2, -0.15) is 0 Å². The highest BCUT2D eigenvalue weighted by molar-refractivity contribution is 5.79. The van der Waals surface area contributed by atoms with Crippen molar-refractivity contribution in [2.45, 2.75) is 57.0 Å². The lowest BCUT2D eigenvalue weighted by Crippen LogP contribution is -2.44. The fourth-order valence-electron chi connectivity index (χ4n) is 3.77. The molecule has 1 amide bonds. The normalized spacial score (nSPS) is 28.7. The Kier molecular flexibility index (Phi) is 4.59. The van der Waals surface area contributed by atoms with Crippen LogP contribution in [0.2, 0.25) is 0 Å². The third-order valence-corrected chi connectivity index (χ3v) is 5.20. The second-order valence-electron chi connectivity index (χ2n) is 6.55. The third kappa shape index (κ3) is 3.46. The maximum absolute atomic E-state index is 12.5. The zero-order valence-corrected chi connectivity index (χ0v) is 12.9. The molecule has 0 heterocycles. The molecule has 2 N–H and O–H groups in total. The van der Waals surface area contributed by atoms with Crippen LogP contribution in [0.25, 0.3) is 0 Å². The van der Waals surface area contributed by atoms with E-state index in [1.165, 1.54) is 24.0 Å². The van der Waals surface area contributed by atoms with E-state index >= 15 is 0 Å². The molecule has 1 saturated carbocycles. The van der Waals surface area contributed by atoms with Crippen LogP contribution in [0.5, 0.6) is 0 Å². The third-order valence-electron chi connectivity index (χ3n) is 5.20. The SMILES string of the molecule is CNC1CCC(NC(=O)C2CCc3ccccc3C2)CC1. The molecule has 1 unspecified atom stereocenters. The second-order valence-corrected chi connectivity index (χ2v) is 6.55. The van der Waals surface area contributed by atoms with Gasteiger partial charge in [0.05, 0.1) is 0 Å². The molecule has 2 aliphatic carbocycles. The van der Waals surface area contributed by atoms with Crippen LogP contribution < -0.4 is 10.6 Å². The topological polar surface area (TPSA) is 41.1 Å². The molecule has 21 heavy (non-hydrogen) atoms. The van der Waals surface area contributed by atoms with Crippen LogP contribution in [0.1, 0.15) is 43.2 Å². The highest BCUT2D eigenvalue weighted by Crippen LogP contribution is 2.26. The first kappa shape index (κ1) is 14.6. The number of rotatable bonds is 3. The quantitative estimate of drug-likeness (QED) is 0.896. The van der Waals surface area contributed by atoms with Crippen LogP contribution in [0.4, 0.5) is 0 Å². The Balaban J connectivity index is 1.53. The van der Waals surface area contributed by atoms with Crippen LogP contribution in [-0.4, -0.2) is 25.0 Å². The van der Waals surface area contributed by atoms with E-state index in [1.807, 2.05) is 7.05 Å². The van der Waals surface area contributed by atoms with Gasteiger partial charge in [-0.15, -0.1) is 0 Å². The number of hydrogen-bond acceptors (Lipinski definition) is 2. The minimum atomic E-state index is 0.168. The minimum absolute atomic E-state index is 0.168. The van der Waals surface area contributed by atoms with E-state index in [4.69, 9.17) is 0 Å². The first-order chi connectivity index (χ1) is 10.3. The summed E-state index contributed by atoms with van der Waals surface area (Å²) in [5.74, 6) is 0.444. The molecule has 0 spiro atoms. The van der Waals surface area contributed by atoms with E-state index in [0.717, 1.165) is 32.1 Å². The van der Waals surface area contributed by atoms with Gasteiger partial charge in [0.2, 0.25) is 5.91 Å². The van der Waals surface area contributed by atoms with Crippen molar-refractivity contribution in [3.63, 3.8) is 0 Å². The number of aryl methyl sites for hydroxylation is 1. The predicted octanol–water partition coefficient (Wildman–Crippen LogP) is 2.44. The smallest absolute Gasteiger partial charge is 0.223 e. The summed E-state index contributed by atoms with van der Waals surface area (Å²) in [7, 11) is 2.03. The summed E-state index contributed by atoms with van der Waals surface area (Å²) in [6.45, 7) is 0. The Morgan fingerprint density at radius 3 is 2.38 bits per heavy atom. The van der Waals surface area contributed by atoms with Crippen molar-refractivity contribution >= 4 is 5.91 Å². The number of hydrogen-bond donors (Lipinski definition) is 2. The van der Waals surface area contributed by atoms with Crippen molar-refractivity contribution in [2.24, 2.45) is 5.92 Å². The van der Waals surface area contributed by atoms with E-state index < -0.39 is 0 Å². The standard InChI is InChI=1S/C18H26N2O/c1-19-16-8-10-17(11-9-16)20-18(21)15-7-6-13-4-2-3-5-14(13)12-15/h2-5,15-17,19H,6-12H2,1H3,(H,20,21). The predicted molar refractivity (Wildman–Crippen MR) is 85.2 cm³/mol. The van der Waals surface area contributed by atoms with Crippen molar-refractivity contribution in [1.29, 1.82) is 0 Å². The molecule has 0 saturated heterocycles. The average molecular weight is 286 g/mol. The van der Waals surface area contributed by atoms with Crippen molar-refractivity contribution < 1.29 is 4.79 Å². The van der Waals surface area contributed by atoms with Gasteiger partial charge in [0.1, 0.15) is 0 Å². The molecule has 0 bridgehead atoms. The summed E-state index contributed by atoms with van der Waals surface area (Å²) in [4.78, 5) is 12.5. The minimum Gasteiger partial charge on any atom is -0.353 e. The molecule has 0 aromatic heterocycles. The second kappa shape index (κ2) is 6.61. The van der Waals surface area contributed by atoms with Crippen molar-refractivity contribution in [2.75, 3.05) is 7.05 Å². The molecule has 1 atom stereocenters. The van der Waals surface area contributed by atoms with Gasteiger partial charge in [0.25, 0.3) is 0 Å². The van der Waals surface area contributed by atoms with Crippen molar-refractivity contribution in [3.05, 3.63) is 35.4 Å². The van der Waals surface area contributed by atoms with Gasteiger partial charge in [0, 0.05) is 18.0 Å². The fourth-order valence-corrected chi connectivity index (χ4v) is 3.77. The first-order valence-electron chi connectivity index (χ1n) is 8.30. The van der Waals surface area contributed by atoms with E-state index in [2.05, 4.69) is 34.9 Å². The highest BCUT2D eigenvalue weighted by Gasteiger charge is 2.27. The molecular formula is C18H26N2O. The van der Waals surface area contributed by atoms with Crippen LogP contribution in [-0.2, 0) is 17.6 Å². The molecule has 3 rings (SSSR count). The molecule has 2 aliphatic rings. The Morgan fingerprint density at radius 2 is 1.67 bits per heavy atom. The molecule has 1 fully saturated rings. The molecule has 3 nitrogen and oxygen atoms in total. The maximum atomic E-state index is 12.5. The largest absolute Gasteiger partial charge is 0.353 e. The number of nitrogens with one attached hydrogen (secondary N) is 2. The van der Waals surface area contributed by atoms with Gasteiger partial charge in [-0.05, 0) is 63.1 Å². The lowest BCUT2D eigenvalue weighted by molar-refractivity contribution is -0.126. The monoisotopic (exact) mass is 286 g/mol. The molecule has 3 heteroatoms. The summed E-state index contributed by atoms with van der Waals surface area (Å²) in [6, 6.07) is 9.58. The van der Waals surface area contributed by atoms with Gasteiger partial charge in [-0.1, -0.05) is 24.3 Å². The van der Waals surface area contributed by atoms with E-state index in [1.54, 1.807) is 0 Å². The lowest BCUT2D eigenvalue weighted by atomic mass is 9.83. The van der Waals surface area contributed by atoms with Crippen LogP contribution >= 0.6 is 0 Å². The van der Waals surface area contributed by atoms with Gasteiger partial charge < -0.3 is 10.6 Å². The average Bonchev–Trinajstić information content (AvgIpc) is 2.55. The number of carbonyl (C=O) groups is 1. The van der Waals surface area contributed by atoms with E-state index in [0.29, 0.717) is 12.1 Å². The Bertz CT molecular complexity index is 492. The maximum Gasteiger partial charge on any atom is 0.223 e. The zero-order valence-electron chi connectivity index (χ0n) is 12.9. The molecule has 114 valence electrons. The fraction of sp³-hybridized carbons (Fsp3) is 0.611. The van der Waals surface area contributed by atoms with Crippen LogP contribution in [0.15, 0.2) is 24.3 Å². The molecule has 1 aromatic carbocycles. The molecule has 1 aromatic rings. The van der Waals surface area contributed by atoms with E-state index in [9.17, 15) is 4.79 Å². The molecule has 0 aliphatic heterocycles. The highest BCUT2D eigenvalue weighted by atomic mass is 16.1. The van der Waals surface area contributed by atoms with Crippen molar-refractivity contribution in [3.8, 4) is 0 Å². The van der Waals surface area contributed by atoms with Gasteiger partial charge in [0.15, 0.2) is 0 Å². The van der Waals surface area contributed by atoms with Gasteiger partial charge in [-0.3, -0.25) is 4.79 Å². The summed E-state index contributed by atoms with van der Waals surface area (Å²) in [5, 5.41) is 6.64. The lowest BCUT2D eigenvalue weighted by Gasteiger charge is -2.31. The number of benzene rings is 1. The van der Waals surface area contributed by atoms with Gasteiger partial charge in [-0.25, -0.2) is 0 Å². The summed E-state index contributed by atoms with van der Waals surface area (Å²) in [5.41, 5.74) is 2.79.